The van der Waals surface area contributed by atoms with Gasteiger partial charge in [0.05, 0.1) is 5.57 Å². The molecule has 0 spiro atoms. The van der Waals surface area contributed by atoms with E-state index in [9.17, 15) is 19.1 Å². The summed E-state index contributed by atoms with van der Waals surface area (Å²) in [5, 5.41) is 12.9. The lowest BCUT2D eigenvalue weighted by molar-refractivity contribution is -0.132. The van der Waals surface area contributed by atoms with E-state index in [1.807, 2.05) is 37.4 Å². The minimum absolute atomic E-state index is 0.0112. The highest BCUT2D eigenvalue weighted by atomic mass is 32.1. The fraction of sp³-hybridized carbons (Fsp3) is 0.167. The van der Waals surface area contributed by atoms with Crippen LogP contribution in [0.2, 0.25) is 0 Å². The molecule has 1 N–H and O–H groups in total. The quantitative estimate of drug-likeness (QED) is 0.348. The number of Topliss-reactive ketones (excluding diaryl/α,β-unsaturated/α-hetero) is 1. The van der Waals surface area contributed by atoms with Crippen molar-refractivity contribution >= 4 is 34.5 Å². The van der Waals surface area contributed by atoms with Crippen LogP contribution in [0, 0.1) is 26.6 Å². The number of hydrogen-bond acceptors (Lipinski definition) is 4. The van der Waals surface area contributed by atoms with Gasteiger partial charge in [0.1, 0.15) is 17.6 Å². The van der Waals surface area contributed by atoms with E-state index in [1.54, 1.807) is 19.1 Å². The van der Waals surface area contributed by atoms with E-state index in [4.69, 9.17) is 0 Å². The van der Waals surface area contributed by atoms with Crippen molar-refractivity contribution in [3.8, 4) is 0 Å². The fourth-order valence-electron chi connectivity index (χ4n) is 3.66. The Labute approximate surface area is 177 Å². The van der Waals surface area contributed by atoms with Crippen molar-refractivity contribution < 1.29 is 19.1 Å². The first-order valence-corrected chi connectivity index (χ1v) is 10.4. The van der Waals surface area contributed by atoms with Crippen molar-refractivity contribution in [2.75, 3.05) is 4.90 Å². The lowest BCUT2D eigenvalue weighted by atomic mass is 9.97. The number of nitrogens with zero attached hydrogens (tertiary/aromatic N) is 1. The van der Waals surface area contributed by atoms with Gasteiger partial charge in [0.15, 0.2) is 0 Å². The predicted molar refractivity (Wildman–Crippen MR) is 116 cm³/mol. The van der Waals surface area contributed by atoms with Gasteiger partial charge in [0.2, 0.25) is 0 Å². The summed E-state index contributed by atoms with van der Waals surface area (Å²) in [6.45, 7) is 5.43. The standard InChI is InChI=1S/C24H20FNO3S/c1-13-4-7-17(8-5-13)26-20(23-14(2)10-11-30-23)19(22(28)24(26)29)21(27)16-6-9-18(25)15(3)12-16/h4-12,20,27H,1-3H3/b21-19-. The molecule has 1 unspecified atom stereocenters. The number of carbonyl (C=O) groups excluding carboxylic acids is 2. The number of hydrogen-bond donors (Lipinski definition) is 1. The third-order valence-electron chi connectivity index (χ3n) is 5.34. The molecular formula is C24H20FNO3S. The SMILES string of the molecule is Cc1ccc(N2C(=O)C(=O)/C(=C(\O)c3ccc(F)c(C)c3)C2c2sccc2C)cc1. The monoisotopic (exact) mass is 421 g/mol. The lowest BCUT2D eigenvalue weighted by Crippen LogP contribution is -2.29. The van der Waals surface area contributed by atoms with Crippen molar-refractivity contribution in [2.24, 2.45) is 0 Å². The maximum absolute atomic E-state index is 13.7. The van der Waals surface area contributed by atoms with E-state index in [-0.39, 0.29) is 11.3 Å². The number of aliphatic hydroxyl groups is 1. The summed E-state index contributed by atoms with van der Waals surface area (Å²) in [6.07, 6.45) is 0. The number of aryl methyl sites for hydroxylation is 3. The molecule has 1 atom stereocenters. The van der Waals surface area contributed by atoms with Gasteiger partial charge >= 0.3 is 0 Å². The van der Waals surface area contributed by atoms with Gasteiger partial charge in [-0.05, 0) is 73.7 Å². The van der Waals surface area contributed by atoms with Crippen LogP contribution in [-0.4, -0.2) is 16.8 Å². The molecule has 1 saturated heterocycles. The average Bonchev–Trinajstić information content (AvgIpc) is 3.25. The normalized spacial score (nSPS) is 18.3. The number of amides is 1. The van der Waals surface area contributed by atoms with Crippen LogP contribution in [0.1, 0.15) is 33.2 Å². The van der Waals surface area contributed by atoms with E-state index in [1.165, 1.54) is 34.4 Å². The minimum Gasteiger partial charge on any atom is -0.507 e. The first-order valence-electron chi connectivity index (χ1n) is 9.47. The van der Waals surface area contributed by atoms with Crippen LogP contribution in [0.3, 0.4) is 0 Å². The molecule has 4 rings (SSSR count). The Balaban J connectivity index is 1.95. The highest BCUT2D eigenvalue weighted by molar-refractivity contribution is 7.10. The van der Waals surface area contributed by atoms with Gasteiger partial charge in [0, 0.05) is 16.1 Å². The highest BCUT2D eigenvalue weighted by Crippen LogP contribution is 2.44. The largest absolute Gasteiger partial charge is 0.507 e. The number of rotatable bonds is 3. The average molecular weight is 421 g/mol. The van der Waals surface area contributed by atoms with Crippen LogP contribution in [0.4, 0.5) is 10.1 Å². The van der Waals surface area contributed by atoms with E-state index < -0.39 is 23.5 Å². The molecule has 1 amide bonds. The lowest BCUT2D eigenvalue weighted by Gasteiger charge is -2.25. The molecule has 1 aromatic heterocycles. The summed E-state index contributed by atoms with van der Waals surface area (Å²) in [7, 11) is 0. The summed E-state index contributed by atoms with van der Waals surface area (Å²) >= 11 is 1.42. The summed E-state index contributed by atoms with van der Waals surface area (Å²) in [5.41, 5.74) is 3.18. The van der Waals surface area contributed by atoms with Gasteiger partial charge in [-0.2, -0.15) is 0 Å². The number of benzene rings is 2. The number of anilines is 1. The molecule has 1 aliphatic heterocycles. The molecular weight excluding hydrogens is 401 g/mol. The molecule has 6 heteroatoms. The molecule has 0 aliphatic carbocycles. The second-order valence-corrected chi connectivity index (χ2v) is 8.38. The first-order chi connectivity index (χ1) is 14.3. The Bertz CT molecular complexity index is 1190. The number of aliphatic hydroxyl groups excluding tert-OH is 1. The van der Waals surface area contributed by atoms with Crippen LogP contribution < -0.4 is 4.90 Å². The number of carbonyl (C=O) groups is 2. The topological polar surface area (TPSA) is 57.6 Å². The number of ketones is 1. The molecule has 1 fully saturated rings. The molecule has 0 bridgehead atoms. The van der Waals surface area contributed by atoms with E-state index >= 15 is 0 Å². The van der Waals surface area contributed by atoms with Gasteiger partial charge < -0.3 is 5.11 Å². The molecule has 4 nitrogen and oxygen atoms in total. The van der Waals surface area contributed by atoms with Crippen molar-refractivity contribution in [1.82, 2.24) is 0 Å². The summed E-state index contributed by atoms with van der Waals surface area (Å²) < 4.78 is 13.7. The van der Waals surface area contributed by atoms with Crippen molar-refractivity contribution in [3.63, 3.8) is 0 Å². The Hall–Kier alpha value is -3.25. The van der Waals surface area contributed by atoms with Crippen molar-refractivity contribution in [1.29, 1.82) is 0 Å². The Morgan fingerprint density at radius 1 is 1.00 bits per heavy atom. The highest BCUT2D eigenvalue weighted by Gasteiger charge is 2.47. The minimum atomic E-state index is -0.757. The van der Waals surface area contributed by atoms with Crippen LogP contribution in [-0.2, 0) is 9.59 Å². The second kappa shape index (κ2) is 7.54. The van der Waals surface area contributed by atoms with E-state index in [0.29, 0.717) is 16.8 Å². The molecule has 3 aromatic rings. The Morgan fingerprint density at radius 2 is 1.70 bits per heavy atom. The van der Waals surface area contributed by atoms with Crippen molar-refractivity contribution in [3.05, 3.63) is 92.4 Å². The van der Waals surface area contributed by atoms with Crippen LogP contribution in [0.25, 0.3) is 5.76 Å². The zero-order valence-electron chi connectivity index (χ0n) is 16.8. The molecule has 2 aromatic carbocycles. The van der Waals surface area contributed by atoms with Crippen LogP contribution in [0.5, 0.6) is 0 Å². The van der Waals surface area contributed by atoms with E-state index in [2.05, 4.69) is 0 Å². The van der Waals surface area contributed by atoms with Crippen LogP contribution >= 0.6 is 11.3 Å². The predicted octanol–water partition coefficient (Wildman–Crippen LogP) is 5.44. The van der Waals surface area contributed by atoms with Gasteiger partial charge in [0.25, 0.3) is 11.7 Å². The molecule has 0 saturated carbocycles. The molecule has 152 valence electrons. The maximum atomic E-state index is 13.7. The van der Waals surface area contributed by atoms with Gasteiger partial charge in [-0.1, -0.05) is 17.7 Å². The zero-order chi connectivity index (χ0) is 21.6. The van der Waals surface area contributed by atoms with Crippen molar-refractivity contribution in [2.45, 2.75) is 26.8 Å². The van der Waals surface area contributed by atoms with Gasteiger partial charge in [-0.15, -0.1) is 11.3 Å². The first kappa shape index (κ1) is 20.0. The third-order valence-corrected chi connectivity index (χ3v) is 6.41. The smallest absolute Gasteiger partial charge is 0.300 e. The van der Waals surface area contributed by atoms with Crippen LogP contribution in [0.15, 0.2) is 59.5 Å². The number of halogens is 1. The maximum Gasteiger partial charge on any atom is 0.300 e. The van der Waals surface area contributed by atoms with Gasteiger partial charge in [-0.3, -0.25) is 14.5 Å². The molecule has 0 radical (unpaired) electrons. The third kappa shape index (κ3) is 3.23. The molecule has 1 aliphatic rings. The van der Waals surface area contributed by atoms with E-state index in [0.717, 1.165) is 16.0 Å². The Morgan fingerprint density at radius 3 is 2.30 bits per heavy atom. The molecule has 30 heavy (non-hydrogen) atoms. The second-order valence-electron chi connectivity index (χ2n) is 7.44. The Kier molecular flexibility index (Phi) is 5.03. The zero-order valence-corrected chi connectivity index (χ0v) is 17.6. The number of thiophene rings is 1. The fourth-order valence-corrected chi connectivity index (χ4v) is 4.69. The summed E-state index contributed by atoms with van der Waals surface area (Å²) in [5.74, 6) is -2.16. The molecule has 2 heterocycles. The summed E-state index contributed by atoms with van der Waals surface area (Å²) in [6, 6.07) is 12.6. The van der Waals surface area contributed by atoms with Gasteiger partial charge in [-0.25, -0.2) is 4.39 Å². The summed E-state index contributed by atoms with van der Waals surface area (Å²) in [4.78, 5) is 28.3.